The van der Waals surface area contributed by atoms with Crippen LogP contribution in [0.15, 0.2) is 59.2 Å². The van der Waals surface area contributed by atoms with E-state index in [1.807, 2.05) is 24.3 Å². The van der Waals surface area contributed by atoms with Gasteiger partial charge in [-0.1, -0.05) is 36.4 Å². The Kier molecular flexibility index (Phi) is 4.82. The summed E-state index contributed by atoms with van der Waals surface area (Å²) in [7, 11) is -3.74. The molecule has 0 unspecified atom stereocenters. The summed E-state index contributed by atoms with van der Waals surface area (Å²) in [5.41, 5.74) is 1.51. The summed E-state index contributed by atoms with van der Waals surface area (Å²) in [6.07, 6.45) is 1.92. The van der Waals surface area contributed by atoms with E-state index < -0.39 is 20.7 Å². The average Bonchev–Trinajstić information content (AvgIpc) is 2.98. The van der Waals surface area contributed by atoms with Gasteiger partial charge in [0.05, 0.1) is 16.9 Å². The molecule has 1 heterocycles. The first kappa shape index (κ1) is 17.1. The lowest BCUT2D eigenvalue weighted by Crippen LogP contribution is -2.23. The summed E-state index contributed by atoms with van der Waals surface area (Å²) < 4.78 is 32.1. The summed E-state index contributed by atoms with van der Waals surface area (Å²) in [4.78, 5) is 10.4. The quantitative estimate of drug-likeness (QED) is 0.515. The first-order valence-electron chi connectivity index (χ1n) is 7.45. The molecule has 0 aliphatic carbocycles. The third-order valence-electron chi connectivity index (χ3n) is 3.68. The van der Waals surface area contributed by atoms with E-state index in [0.717, 1.165) is 16.5 Å². The standard InChI is InChI=1S/C17H15N2O5S/c20-19(21)16-7-3-1-5-14(16)12-25(22,23)18-10-9-13-11-24-17-8-4-2-6-15(13)17/h1-8,10-11,18H,9,12H2. The Labute approximate surface area is 144 Å². The molecule has 129 valence electrons. The molecule has 0 bridgehead atoms. The van der Waals surface area contributed by atoms with Crippen molar-refractivity contribution in [1.29, 1.82) is 0 Å². The van der Waals surface area contributed by atoms with Crippen LogP contribution in [0.4, 0.5) is 5.69 Å². The van der Waals surface area contributed by atoms with Gasteiger partial charge in [-0.25, -0.2) is 13.1 Å². The molecule has 0 amide bonds. The number of nitro benzene ring substituents is 1. The van der Waals surface area contributed by atoms with Gasteiger partial charge in [0.25, 0.3) is 5.69 Å². The first-order chi connectivity index (χ1) is 12.0. The van der Waals surface area contributed by atoms with Crippen LogP contribution in [-0.2, 0) is 22.2 Å². The normalized spacial score (nSPS) is 11.7. The molecule has 0 aliphatic heterocycles. The summed E-state index contributed by atoms with van der Waals surface area (Å²) in [5, 5.41) is 11.9. The monoisotopic (exact) mass is 359 g/mol. The number of furan rings is 1. The molecule has 0 atom stereocenters. The van der Waals surface area contributed by atoms with Gasteiger partial charge in [0.1, 0.15) is 5.58 Å². The molecule has 25 heavy (non-hydrogen) atoms. The lowest BCUT2D eigenvalue weighted by Gasteiger charge is -2.06. The fourth-order valence-corrected chi connectivity index (χ4v) is 3.60. The molecule has 3 rings (SSSR count). The summed E-state index contributed by atoms with van der Waals surface area (Å²) in [5.74, 6) is -0.465. The van der Waals surface area contributed by atoms with Crippen molar-refractivity contribution in [2.24, 2.45) is 0 Å². The minimum Gasteiger partial charge on any atom is -0.464 e. The number of hydrogen-bond acceptors (Lipinski definition) is 5. The maximum atomic E-state index is 12.2. The zero-order valence-electron chi connectivity index (χ0n) is 13.1. The molecule has 0 saturated heterocycles. The highest BCUT2D eigenvalue weighted by Crippen LogP contribution is 2.22. The van der Waals surface area contributed by atoms with Crippen molar-refractivity contribution in [1.82, 2.24) is 4.72 Å². The Hall–Kier alpha value is -2.71. The second kappa shape index (κ2) is 7.04. The fraction of sp³-hybridized carbons (Fsp3) is 0.118. The Morgan fingerprint density at radius 3 is 2.60 bits per heavy atom. The molecule has 1 N–H and O–H groups in total. The summed E-state index contributed by atoms with van der Waals surface area (Å²) >= 11 is 0. The Balaban J connectivity index is 1.65. The second-order valence-electron chi connectivity index (χ2n) is 5.43. The first-order valence-corrected chi connectivity index (χ1v) is 9.10. The molecule has 3 aromatic rings. The van der Waals surface area contributed by atoms with E-state index in [9.17, 15) is 18.5 Å². The van der Waals surface area contributed by atoms with E-state index >= 15 is 0 Å². The molecule has 0 spiro atoms. The Bertz CT molecular complexity index is 1010. The molecule has 0 fully saturated rings. The number of para-hydroxylation sites is 2. The Morgan fingerprint density at radius 2 is 1.80 bits per heavy atom. The third kappa shape index (κ3) is 4.04. The molecule has 0 saturated carbocycles. The predicted octanol–water partition coefficient (Wildman–Crippen LogP) is 3.16. The van der Waals surface area contributed by atoms with Crippen LogP contribution < -0.4 is 4.72 Å². The molecule has 1 aromatic heterocycles. The average molecular weight is 359 g/mol. The van der Waals surface area contributed by atoms with Gasteiger partial charge >= 0.3 is 0 Å². The van der Waals surface area contributed by atoms with Gasteiger partial charge in [-0.05, 0) is 18.1 Å². The lowest BCUT2D eigenvalue weighted by atomic mass is 10.1. The van der Waals surface area contributed by atoms with Crippen LogP contribution in [0.1, 0.15) is 11.1 Å². The zero-order chi connectivity index (χ0) is 17.9. The van der Waals surface area contributed by atoms with Crippen molar-refractivity contribution in [2.45, 2.75) is 12.2 Å². The molecular formula is C17H15N2O5S. The topological polar surface area (TPSA) is 102 Å². The number of rotatable bonds is 7. The SMILES string of the molecule is O=[N+]([O-])c1ccccc1CS(=O)(=O)N[CH]Cc1coc2ccccc12. The third-order valence-corrected chi connectivity index (χ3v) is 4.90. The largest absolute Gasteiger partial charge is 0.464 e. The van der Waals surface area contributed by atoms with Crippen molar-refractivity contribution in [3.8, 4) is 0 Å². The maximum Gasteiger partial charge on any atom is 0.273 e. The van der Waals surface area contributed by atoms with E-state index in [4.69, 9.17) is 4.42 Å². The highest BCUT2D eigenvalue weighted by molar-refractivity contribution is 7.88. The van der Waals surface area contributed by atoms with E-state index in [0.29, 0.717) is 6.42 Å². The van der Waals surface area contributed by atoms with Crippen LogP contribution >= 0.6 is 0 Å². The van der Waals surface area contributed by atoms with E-state index in [1.54, 1.807) is 12.3 Å². The van der Waals surface area contributed by atoms with Crippen molar-refractivity contribution >= 4 is 26.7 Å². The number of sulfonamides is 1. The van der Waals surface area contributed by atoms with Gasteiger partial charge in [0.15, 0.2) is 0 Å². The van der Waals surface area contributed by atoms with Crippen LogP contribution in [-0.4, -0.2) is 13.3 Å². The Morgan fingerprint density at radius 1 is 1.08 bits per heavy atom. The predicted molar refractivity (Wildman–Crippen MR) is 93.1 cm³/mol. The second-order valence-corrected chi connectivity index (χ2v) is 7.18. The number of nitrogens with zero attached hydrogens (tertiary/aromatic N) is 1. The number of nitrogens with one attached hydrogen (secondary N) is 1. The summed E-state index contributed by atoms with van der Waals surface area (Å²) in [6.45, 7) is 1.40. The van der Waals surface area contributed by atoms with Crippen LogP contribution in [0.3, 0.4) is 0 Å². The fourth-order valence-electron chi connectivity index (χ4n) is 2.53. The molecule has 8 heteroatoms. The van der Waals surface area contributed by atoms with Crippen LogP contribution in [0, 0.1) is 16.7 Å². The van der Waals surface area contributed by atoms with Crippen molar-refractivity contribution in [2.75, 3.05) is 0 Å². The van der Waals surface area contributed by atoms with Crippen molar-refractivity contribution in [3.63, 3.8) is 0 Å². The number of fused-ring (bicyclic) bond motifs is 1. The van der Waals surface area contributed by atoms with Gasteiger partial charge in [-0.3, -0.25) is 10.1 Å². The van der Waals surface area contributed by atoms with Crippen LogP contribution in [0.2, 0.25) is 0 Å². The van der Waals surface area contributed by atoms with E-state index in [-0.39, 0.29) is 11.3 Å². The van der Waals surface area contributed by atoms with E-state index in [2.05, 4.69) is 4.72 Å². The molecular weight excluding hydrogens is 344 g/mol. The van der Waals surface area contributed by atoms with Gasteiger partial charge in [0, 0.05) is 23.6 Å². The van der Waals surface area contributed by atoms with Crippen molar-refractivity contribution in [3.05, 3.63) is 82.6 Å². The minimum absolute atomic E-state index is 0.141. The highest BCUT2D eigenvalue weighted by Gasteiger charge is 2.19. The zero-order valence-corrected chi connectivity index (χ0v) is 13.9. The number of benzene rings is 2. The lowest BCUT2D eigenvalue weighted by molar-refractivity contribution is -0.385. The maximum absolute atomic E-state index is 12.2. The summed E-state index contributed by atoms with van der Waals surface area (Å²) in [6, 6.07) is 13.2. The van der Waals surface area contributed by atoms with Crippen LogP contribution in [0.5, 0.6) is 0 Å². The number of hydrogen-bond donors (Lipinski definition) is 1. The van der Waals surface area contributed by atoms with Gasteiger partial charge in [-0.2, -0.15) is 0 Å². The molecule has 2 aromatic carbocycles. The van der Waals surface area contributed by atoms with Gasteiger partial charge in [0.2, 0.25) is 10.0 Å². The van der Waals surface area contributed by atoms with E-state index in [1.165, 1.54) is 24.7 Å². The van der Waals surface area contributed by atoms with Gasteiger partial charge in [-0.15, -0.1) is 0 Å². The minimum atomic E-state index is -3.74. The molecule has 7 nitrogen and oxygen atoms in total. The molecule has 0 aliphatic rings. The van der Waals surface area contributed by atoms with Gasteiger partial charge < -0.3 is 4.42 Å². The molecule has 1 radical (unpaired) electrons. The smallest absolute Gasteiger partial charge is 0.273 e. The van der Waals surface area contributed by atoms with Crippen LogP contribution in [0.25, 0.3) is 11.0 Å². The van der Waals surface area contributed by atoms with Crippen molar-refractivity contribution < 1.29 is 17.8 Å². The number of nitro groups is 1. The highest BCUT2D eigenvalue weighted by atomic mass is 32.2.